The molecule has 1 aliphatic heterocycles. The number of amides is 2. The number of hydrogen-bond acceptors (Lipinski definition) is 5. The molecule has 1 aromatic heterocycles. The van der Waals surface area contributed by atoms with Gasteiger partial charge in [0.1, 0.15) is 11.8 Å². The Morgan fingerprint density at radius 1 is 1.22 bits per heavy atom. The SMILES string of the molecule is Cc1noc(C)c1CC(C(=O)O)N1C(=O)c2ccccc2C1=O. The number of benzene rings is 1. The summed E-state index contributed by atoms with van der Waals surface area (Å²) in [5.41, 5.74) is 1.59. The van der Waals surface area contributed by atoms with Crippen LogP contribution in [0.4, 0.5) is 0 Å². The van der Waals surface area contributed by atoms with Crippen molar-refractivity contribution in [2.45, 2.75) is 26.3 Å². The molecule has 1 aromatic carbocycles. The molecular weight excluding hydrogens is 300 g/mol. The molecule has 118 valence electrons. The van der Waals surface area contributed by atoms with Crippen molar-refractivity contribution in [2.24, 2.45) is 0 Å². The van der Waals surface area contributed by atoms with E-state index in [2.05, 4.69) is 5.16 Å². The van der Waals surface area contributed by atoms with E-state index >= 15 is 0 Å². The zero-order chi connectivity index (χ0) is 16.7. The van der Waals surface area contributed by atoms with E-state index in [1.54, 1.807) is 26.0 Å². The average molecular weight is 314 g/mol. The molecule has 23 heavy (non-hydrogen) atoms. The number of nitrogens with zero attached hydrogens (tertiary/aromatic N) is 2. The van der Waals surface area contributed by atoms with Crippen LogP contribution < -0.4 is 0 Å². The van der Waals surface area contributed by atoms with Crippen LogP contribution in [0.5, 0.6) is 0 Å². The number of carboxylic acid groups (broad SMARTS) is 1. The van der Waals surface area contributed by atoms with Crippen LogP contribution in [0.1, 0.15) is 37.7 Å². The standard InChI is InChI=1S/C16H14N2O5/c1-8-12(9(2)23-17-8)7-13(16(21)22)18-14(19)10-5-3-4-6-11(10)15(18)20/h3-6,13H,7H2,1-2H3,(H,21,22). The van der Waals surface area contributed by atoms with Gasteiger partial charge in [-0.25, -0.2) is 4.79 Å². The monoisotopic (exact) mass is 314 g/mol. The quantitative estimate of drug-likeness (QED) is 0.860. The molecule has 0 saturated heterocycles. The van der Waals surface area contributed by atoms with Crippen LogP contribution in [-0.2, 0) is 11.2 Å². The molecule has 0 aliphatic carbocycles. The van der Waals surface area contributed by atoms with Gasteiger partial charge in [0.15, 0.2) is 0 Å². The Morgan fingerprint density at radius 2 is 1.78 bits per heavy atom. The molecule has 7 heteroatoms. The number of imide groups is 1. The lowest BCUT2D eigenvalue weighted by Gasteiger charge is -2.22. The predicted molar refractivity (Wildman–Crippen MR) is 78.0 cm³/mol. The van der Waals surface area contributed by atoms with Crippen molar-refractivity contribution < 1.29 is 24.0 Å². The number of carbonyl (C=O) groups is 3. The van der Waals surface area contributed by atoms with Gasteiger partial charge in [0.25, 0.3) is 11.8 Å². The summed E-state index contributed by atoms with van der Waals surface area (Å²) in [5.74, 6) is -1.96. The second kappa shape index (κ2) is 5.35. The zero-order valence-corrected chi connectivity index (χ0v) is 12.6. The molecule has 3 rings (SSSR count). The highest BCUT2D eigenvalue weighted by Gasteiger charge is 2.43. The summed E-state index contributed by atoms with van der Waals surface area (Å²) in [6, 6.07) is 5.00. The van der Waals surface area contributed by atoms with Crippen LogP contribution in [-0.4, -0.2) is 39.0 Å². The lowest BCUT2D eigenvalue weighted by atomic mass is 10.0. The maximum atomic E-state index is 12.5. The molecule has 1 unspecified atom stereocenters. The highest BCUT2D eigenvalue weighted by Crippen LogP contribution is 2.27. The van der Waals surface area contributed by atoms with Crippen LogP contribution in [0.15, 0.2) is 28.8 Å². The van der Waals surface area contributed by atoms with Crippen LogP contribution in [0.2, 0.25) is 0 Å². The smallest absolute Gasteiger partial charge is 0.327 e. The van der Waals surface area contributed by atoms with E-state index in [0.717, 1.165) is 4.90 Å². The Labute approximate surface area is 131 Å². The summed E-state index contributed by atoms with van der Waals surface area (Å²) in [6.45, 7) is 3.35. The first-order chi connectivity index (χ1) is 10.9. The van der Waals surface area contributed by atoms with Crippen LogP contribution in [0.25, 0.3) is 0 Å². The molecule has 0 bridgehead atoms. The molecule has 7 nitrogen and oxygen atoms in total. The van der Waals surface area contributed by atoms with Crippen molar-refractivity contribution in [3.8, 4) is 0 Å². The highest BCUT2D eigenvalue weighted by atomic mass is 16.5. The number of aromatic nitrogens is 1. The van der Waals surface area contributed by atoms with E-state index in [-0.39, 0.29) is 17.5 Å². The minimum atomic E-state index is -1.31. The summed E-state index contributed by atoms with van der Waals surface area (Å²) >= 11 is 0. The summed E-state index contributed by atoms with van der Waals surface area (Å²) < 4.78 is 5.02. The third-order valence-corrected chi connectivity index (χ3v) is 4.00. The fourth-order valence-electron chi connectivity index (χ4n) is 2.77. The maximum Gasteiger partial charge on any atom is 0.327 e. The number of rotatable bonds is 4. The highest BCUT2D eigenvalue weighted by molar-refractivity contribution is 6.22. The second-order valence-electron chi connectivity index (χ2n) is 5.39. The summed E-state index contributed by atoms with van der Waals surface area (Å²) in [4.78, 5) is 37.4. The normalized spacial score (nSPS) is 15.0. The molecule has 2 aromatic rings. The number of aliphatic carboxylic acids is 1. The van der Waals surface area contributed by atoms with Crippen molar-refractivity contribution in [1.29, 1.82) is 0 Å². The number of hydrogen-bond donors (Lipinski definition) is 1. The van der Waals surface area contributed by atoms with Crippen molar-refractivity contribution >= 4 is 17.8 Å². The third-order valence-electron chi connectivity index (χ3n) is 4.00. The largest absolute Gasteiger partial charge is 0.480 e. The van der Waals surface area contributed by atoms with E-state index < -0.39 is 23.8 Å². The van der Waals surface area contributed by atoms with Crippen molar-refractivity contribution in [3.63, 3.8) is 0 Å². The van der Waals surface area contributed by atoms with E-state index in [4.69, 9.17) is 4.52 Å². The van der Waals surface area contributed by atoms with Gasteiger partial charge in [-0.05, 0) is 26.0 Å². The Morgan fingerprint density at radius 3 is 2.22 bits per heavy atom. The van der Waals surface area contributed by atoms with Gasteiger partial charge in [-0.3, -0.25) is 14.5 Å². The van der Waals surface area contributed by atoms with Crippen molar-refractivity contribution in [2.75, 3.05) is 0 Å². The van der Waals surface area contributed by atoms with Crippen LogP contribution >= 0.6 is 0 Å². The fraction of sp³-hybridized carbons (Fsp3) is 0.250. The average Bonchev–Trinajstić information content (AvgIpc) is 2.97. The molecular formula is C16H14N2O5. The number of carbonyl (C=O) groups excluding carboxylic acids is 2. The van der Waals surface area contributed by atoms with Gasteiger partial charge in [0, 0.05) is 12.0 Å². The Hall–Kier alpha value is -2.96. The van der Waals surface area contributed by atoms with Gasteiger partial charge in [0.2, 0.25) is 0 Å². The fourth-order valence-corrected chi connectivity index (χ4v) is 2.77. The van der Waals surface area contributed by atoms with E-state index in [0.29, 0.717) is 17.0 Å². The first-order valence-corrected chi connectivity index (χ1v) is 7.03. The first kappa shape index (κ1) is 15.0. The molecule has 0 spiro atoms. The summed E-state index contributed by atoms with van der Waals surface area (Å²) in [5, 5.41) is 13.3. The second-order valence-corrected chi connectivity index (χ2v) is 5.39. The van der Waals surface area contributed by atoms with Gasteiger partial charge in [-0.2, -0.15) is 0 Å². The van der Waals surface area contributed by atoms with E-state index in [9.17, 15) is 19.5 Å². The number of aryl methyl sites for hydroxylation is 2. The minimum Gasteiger partial charge on any atom is -0.480 e. The van der Waals surface area contributed by atoms with Gasteiger partial charge in [-0.1, -0.05) is 17.3 Å². The van der Waals surface area contributed by atoms with Gasteiger partial charge >= 0.3 is 5.97 Å². The molecule has 0 fully saturated rings. The number of fused-ring (bicyclic) bond motifs is 1. The van der Waals surface area contributed by atoms with Gasteiger partial charge in [-0.15, -0.1) is 0 Å². The summed E-state index contributed by atoms with van der Waals surface area (Å²) in [7, 11) is 0. The Bertz CT molecular complexity index is 769. The van der Waals surface area contributed by atoms with Crippen molar-refractivity contribution in [3.05, 3.63) is 52.4 Å². The van der Waals surface area contributed by atoms with E-state index in [1.165, 1.54) is 12.1 Å². The first-order valence-electron chi connectivity index (χ1n) is 7.03. The third kappa shape index (κ3) is 2.30. The lowest BCUT2D eigenvalue weighted by Crippen LogP contribution is -2.46. The Kier molecular flexibility index (Phi) is 3.48. The topological polar surface area (TPSA) is 101 Å². The maximum absolute atomic E-state index is 12.5. The molecule has 2 amide bonds. The summed E-state index contributed by atoms with van der Waals surface area (Å²) in [6.07, 6.45) is -0.0397. The van der Waals surface area contributed by atoms with E-state index in [1.807, 2.05) is 0 Å². The zero-order valence-electron chi connectivity index (χ0n) is 12.6. The molecule has 1 N–H and O–H groups in total. The molecule has 2 heterocycles. The van der Waals surface area contributed by atoms with Gasteiger partial charge in [0.05, 0.1) is 16.8 Å². The lowest BCUT2D eigenvalue weighted by molar-refractivity contribution is -0.141. The van der Waals surface area contributed by atoms with Crippen LogP contribution in [0.3, 0.4) is 0 Å². The number of carboxylic acids is 1. The molecule has 0 radical (unpaired) electrons. The van der Waals surface area contributed by atoms with Gasteiger partial charge < -0.3 is 9.63 Å². The molecule has 1 aliphatic rings. The minimum absolute atomic E-state index is 0.0397. The molecule has 0 saturated carbocycles. The van der Waals surface area contributed by atoms with Crippen LogP contribution in [0, 0.1) is 13.8 Å². The molecule has 1 atom stereocenters. The van der Waals surface area contributed by atoms with Crippen molar-refractivity contribution in [1.82, 2.24) is 10.1 Å². The Balaban J connectivity index is 1.99. The predicted octanol–water partition coefficient (Wildman–Crippen LogP) is 1.58.